The van der Waals surface area contributed by atoms with Crippen molar-refractivity contribution in [1.82, 2.24) is 0 Å². The lowest BCUT2D eigenvalue weighted by atomic mass is 10.3. The highest BCUT2D eigenvalue weighted by Gasteiger charge is 1.94. The third kappa shape index (κ3) is 3.69. The Balaban J connectivity index is 2.39. The zero-order chi connectivity index (χ0) is 8.81. The van der Waals surface area contributed by atoms with Gasteiger partial charge in [0.1, 0.15) is 0 Å². The topological polar surface area (TPSA) is 0 Å². The summed E-state index contributed by atoms with van der Waals surface area (Å²) < 4.78 is 0. The first kappa shape index (κ1) is 9.48. The molecule has 0 nitrogen and oxygen atoms in total. The smallest absolute Gasteiger partial charge is 0.0769 e. The molecule has 1 rings (SSSR count). The minimum atomic E-state index is 0.445. The summed E-state index contributed by atoms with van der Waals surface area (Å²) in [4.78, 5) is 0. The summed E-state index contributed by atoms with van der Waals surface area (Å²) >= 11 is 0. The molecular formula is C11H16P+. The van der Waals surface area contributed by atoms with Gasteiger partial charge in [-0.05, 0) is 32.1 Å². The normalized spacial score (nSPS) is 10.5. The Bertz CT molecular complexity index is 245. The molecule has 1 heteroatoms. The second-order valence-corrected chi connectivity index (χ2v) is 4.68. The van der Waals surface area contributed by atoms with Crippen molar-refractivity contribution in [3.8, 4) is 0 Å². The molecule has 64 valence electrons. The molecule has 0 heterocycles. The molecule has 0 spiro atoms. The first-order valence-electron chi connectivity index (χ1n) is 4.30. The lowest BCUT2D eigenvalue weighted by molar-refractivity contribution is 1.37. The van der Waals surface area contributed by atoms with Crippen LogP contribution in [0.15, 0.2) is 42.0 Å². The molecule has 0 fully saturated rings. The van der Waals surface area contributed by atoms with Gasteiger partial charge < -0.3 is 0 Å². The van der Waals surface area contributed by atoms with Crippen molar-refractivity contribution in [2.45, 2.75) is 13.8 Å². The van der Waals surface area contributed by atoms with Crippen LogP contribution in [0.1, 0.15) is 13.8 Å². The molecule has 0 aliphatic rings. The first-order valence-corrected chi connectivity index (χ1v) is 5.70. The van der Waals surface area contributed by atoms with Gasteiger partial charge in [-0.15, -0.1) is 0 Å². The highest BCUT2D eigenvalue weighted by Crippen LogP contribution is 2.10. The fourth-order valence-corrected chi connectivity index (χ4v) is 2.38. The molecule has 0 aromatic heterocycles. The van der Waals surface area contributed by atoms with Crippen LogP contribution in [0.5, 0.6) is 0 Å². The Morgan fingerprint density at radius 1 is 1.25 bits per heavy atom. The number of rotatable bonds is 3. The summed E-state index contributed by atoms with van der Waals surface area (Å²) in [7, 11) is 0.445. The quantitative estimate of drug-likeness (QED) is 0.494. The SMILES string of the molecule is CC(C)=CC[PH2+]c1ccccc1. The molecule has 1 unspecified atom stereocenters. The molecule has 12 heavy (non-hydrogen) atoms. The molecule has 0 aliphatic heterocycles. The lowest BCUT2D eigenvalue weighted by Crippen LogP contribution is -1.91. The monoisotopic (exact) mass is 179 g/mol. The van der Waals surface area contributed by atoms with Crippen LogP contribution >= 0.6 is 8.58 Å². The summed E-state index contributed by atoms with van der Waals surface area (Å²) in [5.41, 5.74) is 1.43. The van der Waals surface area contributed by atoms with E-state index in [2.05, 4.69) is 50.3 Å². The van der Waals surface area contributed by atoms with Crippen LogP contribution in [-0.4, -0.2) is 6.16 Å². The molecule has 0 bridgehead atoms. The van der Waals surface area contributed by atoms with E-state index in [0.717, 1.165) is 0 Å². The zero-order valence-corrected chi connectivity index (χ0v) is 8.90. The molecule has 1 aromatic rings. The number of hydrogen-bond donors (Lipinski definition) is 0. The average Bonchev–Trinajstić information content (AvgIpc) is 2.05. The largest absolute Gasteiger partial charge is 0.0893 e. The molecule has 0 saturated carbocycles. The molecule has 0 radical (unpaired) electrons. The van der Waals surface area contributed by atoms with Crippen LogP contribution in [0.3, 0.4) is 0 Å². The first-order chi connectivity index (χ1) is 5.79. The predicted octanol–water partition coefficient (Wildman–Crippen LogP) is 2.69. The van der Waals surface area contributed by atoms with Gasteiger partial charge in [0.05, 0.1) is 11.5 Å². The van der Waals surface area contributed by atoms with E-state index in [1.165, 1.54) is 17.0 Å². The molecule has 0 N–H and O–H groups in total. The van der Waals surface area contributed by atoms with Crippen LogP contribution < -0.4 is 5.30 Å². The molecule has 0 aliphatic carbocycles. The van der Waals surface area contributed by atoms with Crippen LogP contribution in [0, 0.1) is 0 Å². The van der Waals surface area contributed by atoms with E-state index in [-0.39, 0.29) is 0 Å². The average molecular weight is 179 g/mol. The second kappa shape index (κ2) is 5.11. The minimum absolute atomic E-state index is 0.445. The summed E-state index contributed by atoms with van der Waals surface area (Å²) in [5, 5.41) is 1.51. The maximum Gasteiger partial charge on any atom is 0.0893 e. The molecule has 0 saturated heterocycles. The van der Waals surface area contributed by atoms with Crippen LogP contribution in [0.4, 0.5) is 0 Å². The van der Waals surface area contributed by atoms with E-state index in [1.54, 1.807) is 0 Å². The van der Waals surface area contributed by atoms with Crippen molar-refractivity contribution in [2.75, 3.05) is 6.16 Å². The fourth-order valence-electron chi connectivity index (χ4n) is 1.02. The number of benzene rings is 1. The van der Waals surface area contributed by atoms with Gasteiger partial charge in [-0.25, -0.2) is 0 Å². The van der Waals surface area contributed by atoms with Crippen LogP contribution in [-0.2, 0) is 0 Å². The Labute approximate surface area is 76.5 Å². The third-order valence-electron chi connectivity index (χ3n) is 1.68. The molecule has 1 aromatic carbocycles. The van der Waals surface area contributed by atoms with Gasteiger partial charge in [-0.3, -0.25) is 0 Å². The van der Waals surface area contributed by atoms with Crippen molar-refractivity contribution >= 4 is 13.9 Å². The second-order valence-electron chi connectivity index (χ2n) is 3.13. The van der Waals surface area contributed by atoms with Gasteiger partial charge in [0.25, 0.3) is 0 Å². The Kier molecular flexibility index (Phi) is 4.04. The Hall–Kier alpha value is -0.610. The van der Waals surface area contributed by atoms with Crippen LogP contribution in [0.25, 0.3) is 0 Å². The van der Waals surface area contributed by atoms with Crippen molar-refractivity contribution in [2.24, 2.45) is 0 Å². The van der Waals surface area contributed by atoms with Gasteiger partial charge in [0.15, 0.2) is 0 Å². The number of allylic oxidation sites excluding steroid dienone is 2. The van der Waals surface area contributed by atoms with E-state index in [9.17, 15) is 0 Å². The fraction of sp³-hybridized carbons (Fsp3) is 0.273. The Morgan fingerprint density at radius 3 is 2.50 bits per heavy atom. The van der Waals surface area contributed by atoms with Crippen molar-refractivity contribution in [1.29, 1.82) is 0 Å². The molecular weight excluding hydrogens is 163 g/mol. The Morgan fingerprint density at radius 2 is 1.92 bits per heavy atom. The standard InChI is InChI=1S/C11H15P/c1-10(2)8-9-12-11-6-4-3-5-7-11/h3-8,12H,9H2,1-2H3/p+1. The molecule has 0 amide bonds. The maximum atomic E-state index is 2.32. The summed E-state index contributed by atoms with van der Waals surface area (Å²) in [6.45, 7) is 4.31. The van der Waals surface area contributed by atoms with Crippen molar-refractivity contribution < 1.29 is 0 Å². The van der Waals surface area contributed by atoms with E-state index in [4.69, 9.17) is 0 Å². The van der Waals surface area contributed by atoms with E-state index >= 15 is 0 Å². The van der Waals surface area contributed by atoms with Crippen molar-refractivity contribution in [3.63, 3.8) is 0 Å². The maximum absolute atomic E-state index is 2.32. The van der Waals surface area contributed by atoms with Crippen molar-refractivity contribution in [3.05, 3.63) is 42.0 Å². The molecule has 1 atom stereocenters. The predicted molar refractivity (Wildman–Crippen MR) is 60.1 cm³/mol. The van der Waals surface area contributed by atoms with Gasteiger partial charge in [0, 0.05) is 8.58 Å². The lowest BCUT2D eigenvalue weighted by Gasteiger charge is -1.90. The van der Waals surface area contributed by atoms with E-state index in [0.29, 0.717) is 8.58 Å². The van der Waals surface area contributed by atoms with E-state index in [1.807, 2.05) is 0 Å². The van der Waals surface area contributed by atoms with Gasteiger partial charge in [-0.2, -0.15) is 0 Å². The third-order valence-corrected chi connectivity index (χ3v) is 3.01. The summed E-state index contributed by atoms with van der Waals surface area (Å²) in [6, 6.07) is 10.7. The van der Waals surface area contributed by atoms with E-state index < -0.39 is 0 Å². The zero-order valence-electron chi connectivity index (χ0n) is 7.75. The van der Waals surface area contributed by atoms with Gasteiger partial charge in [0.2, 0.25) is 0 Å². The number of hydrogen-bond acceptors (Lipinski definition) is 0. The van der Waals surface area contributed by atoms with Gasteiger partial charge >= 0.3 is 0 Å². The highest BCUT2D eigenvalue weighted by molar-refractivity contribution is 7.47. The highest BCUT2D eigenvalue weighted by atomic mass is 31.1. The minimum Gasteiger partial charge on any atom is -0.0769 e. The summed E-state index contributed by atoms with van der Waals surface area (Å²) in [6.07, 6.45) is 3.56. The summed E-state index contributed by atoms with van der Waals surface area (Å²) in [5.74, 6) is 0. The van der Waals surface area contributed by atoms with Crippen LogP contribution in [0.2, 0.25) is 0 Å². The van der Waals surface area contributed by atoms with Gasteiger partial charge in [-0.1, -0.05) is 23.8 Å².